The number of nitrogens with two attached hydrogens (primary N) is 1. The Kier molecular flexibility index (Phi) is 4.11. The van der Waals surface area contributed by atoms with E-state index in [1.807, 2.05) is 13.8 Å². The second kappa shape index (κ2) is 4.94. The van der Waals surface area contributed by atoms with Crippen molar-refractivity contribution < 1.29 is 9.53 Å². The molecule has 4 nitrogen and oxygen atoms in total. The highest BCUT2D eigenvalue weighted by Gasteiger charge is 2.30. The molecule has 88 valence electrons. The Morgan fingerprint density at radius 3 is 2.73 bits per heavy atom. The second-order valence-corrected chi connectivity index (χ2v) is 5.10. The first-order chi connectivity index (χ1) is 6.94. The zero-order chi connectivity index (χ0) is 11.5. The molecule has 3 N–H and O–H groups in total. The SMILES string of the molecule is CC(C)C(N)C(=O)NCC1(C)CCOC1. The Balaban J connectivity index is 2.33. The third-order valence-electron chi connectivity index (χ3n) is 3.01. The van der Waals surface area contributed by atoms with Crippen molar-refractivity contribution in [2.24, 2.45) is 17.1 Å². The summed E-state index contributed by atoms with van der Waals surface area (Å²) in [7, 11) is 0. The summed E-state index contributed by atoms with van der Waals surface area (Å²) in [6, 6.07) is -0.407. The van der Waals surface area contributed by atoms with Crippen LogP contribution < -0.4 is 11.1 Å². The van der Waals surface area contributed by atoms with Gasteiger partial charge in [0.1, 0.15) is 0 Å². The molecule has 1 aliphatic heterocycles. The minimum atomic E-state index is -0.407. The summed E-state index contributed by atoms with van der Waals surface area (Å²) in [5.41, 5.74) is 5.83. The van der Waals surface area contributed by atoms with Gasteiger partial charge in [0.15, 0.2) is 0 Å². The first kappa shape index (κ1) is 12.5. The molecule has 0 bridgehead atoms. The largest absolute Gasteiger partial charge is 0.381 e. The molecule has 1 saturated heterocycles. The minimum absolute atomic E-state index is 0.0573. The van der Waals surface area contributed by atoms with Gasteiger partial charge in [-0.2, -0.15) is 0 Å². The maximum atomic E-state index is 11.6. The fourth-order valence-corrected chi connectivity index (χ4v) is 1.57. The molecule has 1 heterocycles. The molecular weight excluding hydrogens is 192 g/mol. The average Bonchev–Trinajstić information content (AvgIpc) is 2.61. The summed E-state index contributed by atoms with van der Waals surface area (Å²) in [6.07, 6.45) is 1.00. The second-order valence-electron chi connectivity index (χ2n) is 5.10. The van der Waals surface area contributed by atoms with Crippen molar-refractivity contribution in [2.45, 2.75) is 33.2 Å². The van der Waals surface area contributed by atoms with Crippen molar-refractivity contribution in [2.75, 3.05) is 19.8 Å². The average molecular weight is 214 g/mol. The lowest BCUT2D eigenvalue weighted by molar-refractivity contribution is -0.123. The van der Waals surface area contributed by atoms with Crippen molar-refractivity contribution in [3.05, 3.63) is 0 Å². The molecular formula is C11H22N2O2. The normalized spacial score (nSPS) is 28.1. The molecule has 15 heavy (non-hydrogen) atoms. The number of carbonyl (C=O) groups is 1. The summed E-state index contributed by atoms with van der Waals surface area (Å²) < 4.78 is 5.32. The number of hydrogen-bond acceptors (Lipinski definition) is 3. The van der Waals surface area contributed by atoms with E-state index in [0.29, 0.717) is 6.54 Å². The van der Waals surface area contributed by atoms with Gasteiger partial charge in [-0.25, -0.2) is 0 Å². The highest BCUT2D eigenvalue weighted by molar-refractivity contribution is 5.81. The molecule has 0 radical (unpaired) electrons. The van der Waals surface area contributed by atoms with E-state index < -0.39 is 6.04 Å². The van der Waals surface area contributed by atoms with Crippen molar-refractivity contribution in [3.8, 4) is 0 Å². The van der Waals surface area contributed by atoms with Gasteiger partial charge in [0, 0.05) is 18.6 Å². The summed E-state index contributed by atoms with van der Waals surface area (Å²) in [4.78, 5) is 11.6. The van der Waals surface area contributed by atoms with Gasteiger partial charge in [-0.3, -0.25) is 4.79 Å². The monoisotopic (exact) mass is 214 g/mol. The lowest BCUT2D eigenvalue weighted by Gasteiger charge is -2.24. The Morgan fingerprint density at radius 1 is 1.60 bits per heavy atom. The Labute approximate surface area is 91.5 Å². The maximum Gasteiger partial charge on any atom is 0.237 e. The minimum Gasteiger partial charge on any atom is -0.381 e. The van der Waals surface area contributed by atoms with Crippen LogP contribution in [-0.4, -0.2) is 31.7 Å². The van der Waals surface area contributed by atoms with E-state index >= 15 is 0 Å². The van der Waals surface area contributed by atoms with E-state index in [4.69, 9.17) is 10.5 Å². The Hall–Kier alpha value is -0.610. The van der Waals surface area contributed by atoms with Gasteiger partial charge in [-0.1, -0.05) is 20.8 Å². The lowest BCUT2D eigenvalue weighted by atomic mass is 9.90. The molecule has 0 aromatic heterocycles. The van der Waals surface area contributed by atoms with Crippen LogP contribution in [0.5, 0.6) is 0 Å². The van der Waals surface area contributed by atoms with Gasteiger partial charge >= 0.3 is 0 Å². The number of ether oxygens (including phenoxy) is 1. The third kappa shape index (κ3) is 3.47. The van der Waals surface area contributed by atoms with Crippen LogP contribution in [0.3, 0.4) is 0 Å². The molecule has 0 saturated carbocycles. The number of nitrogens with one attached hydrogen (secondary N) is 1. The first-order valence-electron chi connectivity index (χ1n) is 5.56. The van der Waals surface area contributed by atoms with Crippen LogP contribution in [0.25, 0.3) is 0 Å². The molecule has 0 aromatic carbocycles. The lowest BCUT2D eigenvalue weighted by Crippen LogP contribution is -2.47. The topological polar surface area (TPSA) is 64.4 Å². The molecule has 0 spiro atoms. The fourth-order valence-electron chi connectivity index (χ4n) is 1.57. The summed E-state index contributed by atoms with van der Waals surface area (Å²) in [6.45, 7) is 8.20. The maximum absolute atomic E-state index is 11.6. The predicted octanol–water partition coefficient (Wildman–Crippen LogP) is 0.513. The molecule has 1 rings (SSSR count). The first-order valence-corrected chi connectivity index (χ1v) is 5.56. The van der Waals surface area contributed by atoms with Crippen LogP contribution in [0.4, 0.5) is 0 Å². The molecule has 0 aromatic rings. The van der Waals surface area contributed by atoms with Crippen LogP contribution in [0.15, 0.2) is 0 Å². The van der Waals surface area contributed by atoms with E-state index in [0.717, 1.165) is 19.6 Å². The van der Waals surface area contributed by atoms with Crippen LogP contribution in [0, 0.1) is 11.3 Å². The van der Waals surface area contributed by atoms with Gasteiger partial charge in [0.2, 0.25) is 5.91 Å². The molecule has 1 fully saturated rings. The molecule has 1 amide bonds. The summed E-state index contributed by atoms with van der Waals surface area (Å²) in [5, 5.41) is 2.90. The van der Waals surface area contributed by atoms with Crippen LogP contribution >= 0.6 is 0 Å². The molecule has 0 aliphatic carbocycles. The van der Waals surface area contributed by atoms with Crippen molar-refractivity contribution in [3.63, 3.8) is 0 Å². The quantitative estimate of drug-likeness (QED) is 0.717. The predicted molar refractivity (Wildman–Crippen MR) is 59.4 cm³/mol. The molecule has 1 aliphatic rings. The van der Waals surface area contributed by atoms with Crippen molar-refractivity contribution in [1.29, 1.82) is 0 Å². The van der Waals surface area contributed by atoms with Crippen LogP contribution in [0.1, 0.15) is 27.2 Å². The fraction of sp³-hybridized carbons (Fsp3) is 0.909. The molecule has 4 heteroatoms. The van der Waals surface area contributed by atoms with Gasteiger partial charge in [-0.05, 0) is 12.3 Å². The van der Waals surface area contributed by atoms with Gasteiger partial charge in [0.05, 0.1) is 12.6 Å². The summed E-state index contributed by atoms with van der Waals surface area (Å²) >= 11 is 0. The number of amides is 1. The van der Waals surface area contributed by atoms with Crippen molar-refractivity contribution in [1.82, 2.24) is 5.32 Å². The Morgan fingerprint density at radius 2 is 2.27 bits per heavy atom. The van der Waals surface area contributed by atoms with Crippen molar-refractivity contribution >= 4 is 5.91 Å². The Bertz CT molecular complexity index is 223. The highest BCUT2D eigenvalue weighted by atomic mass is 16.5. The zero-order valence-electron chi connectivity index (χ0n) is 9.88. The van der Waals surface area contributed by atoms with E-state index in [1.54, 1.807) is 0 Å². The highest BCUT2D eigenvalue weighted by Crippen LogP contribution is 2.26. The van der Waals surface area contributed by atoms with Gasteiger partial charge in [0.25, 0.3) is 0 Å². The van der Waals surface area contributed by atoms with E-state index in [2.05, 4.69) is 12.2 Å². The van der Waals surface area contributed by atoms with E-state index in [9.17, 15) is 4.79 Å². The van der Waals surface area contributed by atoms with E-state index in [-0.39, 0.29) is 17.2 Å². The van der Waals surface area contributed by atoms with Crippen LogP contribution in [-0.2, 0) is 9.53 Å². The van der Waals surface area contributed by atoms with E-state index in [1.165, 1.54) is 0 Å². The summed E-state index contributed by atoms with van der Waals surface area (Å²) in [5.74, 6) is 0.121. The smallest absolute Gasteiger partial charge is 0.237 e. The molecule has 2 unspecified atom stereocenters. The van der Waals surface area contributed by atoms with Crippen LogP contribution in [0.2, 0.25) is 0 Å². The standard InChI is InChI=1S/C11H22N2O2/c1-8(2)9(12)10(14)13-6-11(3)4-5-15-7-11/h8-9H,4-7,12H2,1-3H3,(H,13,14). The number of hydrogen-bond donors (Lipinski definition) is 2. The number of rotatable bonds is 4. The zero-order valence-corrected chi connectivity index (χ0v) is 9.88. The van der Waals surface area contributed by atoms with Gasteiger partial charge < -0.3 is 15.8 Å². The molecule has 2 atom stereocenters. The van der Waals surface area contributed by atoms with Gasteiger partial charge in [-0.15, -0.1) is 0 Å². The number of carbonyl (C=O) groups excluding carboxylic acids is 1. The third-order valence-corrected chi connectivity index (χ3v) is 3.01.